The quantitative estimate of drug-likeness (QED) is 0.848. The summed E-state index contributed by atoms with van der Waals surface area (Å²) >= 11 is 0. The SMILES string of the molecule is CC(C)NCC1CCCCC1Cc1ccc(F)cc1F. The van der Waals surface area contributed by atoms with Gasteiger partial charge in [-0.1, -0.05) is 32.8 Å². The highest BCUT2D eigenvalue weighted by molar-refractivity contribution is 5.19. The van der Waals surface area contributed by atoms with Crippen molar-refractivity contribution in [1.29, 1.82) is 0 Å². The summed E-state index contributed by atoms with van der Waals surface area (Å²) in [6.07, 6.45) is 5.60. The van der Waals surface area contributed by atoms with Crippen LogP contribution in [0.2, 0.25) is 0 Å². The normalized spacial score (nSPS) is 23.2. The molecule has 0 heterocycles. The van der Waals surface area contributed by atoms with E-state index in [1.54, 1.807) is 6.07 Å². The van der Waals surface area contributed by atoms with E-state index in [4.69, 9.17) is 0 Å². The minimum absolute atomic E-state index is 0.397. The van der Waals surface area contributed by atoms with Crippen LogP contribution in [0.3, 0.4) is 0 Å². The maximum absolute atomic E-state index is 13.8. The number of hydrogen-bond donors (Lipinski definition) is 1. The first-order valence-electron chi connectivity index (χ1n) is 7.73. The van der Waals surface area contributed by atoms with Crippen molar-refractivity contribution >= 4 is 0 Å². The highest BCUT2D eigenvalue weighted by atomic mass is 19.1. The second kappa shape index (κ2) is 7.16. The maximum atomic E-state index is 13.8. The molecule has 2 atom stereocenters. The Balaban J connectivity index is 2.00. The van der Waals surface area contributed by atoms with Gasteiger partial charge in [0, 0.05) is 12.1 Å². The molecular weight excluding hydrogens is 256 g/mol. The lowest BCUT2D eigenvalue weighted by atomic mass is 9.76. The van der Waals surface area contributed by atoms with Crippen LogP contribution in [0.5, 0.6) is 0 Å². The zero-order valence-electron chi connectivity index (χ0n) is 12.5. The minimum atomic E-state index is -0.493. The van der Waals surface area contributed by atoms with E-state index < -0.39 is 11.6 Å². The molecular formula is C17H25F2N. The molecule has 1 saturated carbocycles. The van der Waals surface area contributed by atoms with Gasteiger partial charge in [-0.3, -0.25) is 0 Å². The Labute approximate surface area is 120 Å². The Morgan fingerprint density at radius 2 is 1.85 bits per heavy atom. The van der Waals surface area contributed by atoms with Gasteiger partial charge < -0.3 is 5.32 Å². The van der Waals surface area contributed by atoms with Gasteiger partial charge in [0.1, 0.15) is 11.6 Å². The van der Waals surface area contributed by atoms with E-state index in [9.17, 15) is 8.78 Å². The van der Waals surface area contributed by atoms with Gasteiger partial charge in [0.2, 0.25) is 0 Å². The fourth-order valence-electron chi connectivity index (χ4n) is 3.18. The fraction of sp³-hybridized carbons (Fsp3) is 0.647. The molecule has 0 radical (unpaired) electrons. The molecule has 3 heteroatoms. The summed E-state index contributed by atoms with van der Waals surface area (Å²) in [6, 6.07) is 4.45. The Bertz CT molecular complexity index is 431. The standard InChI is InChI=1S/C17H25F2N/c1-12(2)20-11-15-6-4-3-5-13(15)9-14-7-8-16(18)10-17(14)19/h7-8,10,12-13,15,20H,3-6,9,11H2,1-2H3. The Hall–Kier alpha value is -0.960. The molecule has 1 N–H and O–H groups in total. The number of hydrogen-bond acceptors (Lipinski definition) is 1. The minimum Gasteiger partial charge on any atom is -0.314 e. The molecule has 0 aliphatic heterocycles. The van der Waals surface area contributed by atoms with Crippen molar-refractivity contribution < 1.29 is 8.78 Å². The van der Waals surface area contributed by atoms with Gasteiger partial charge in [0.05, 0.1) is 0 Å². The van der Waals surface area contributed by atoms with Gasteiger partial charge in [0.15, 0.2) is 0 Å². The molecule has 2 rings (SSSR count). The first kappa shape index (κ1) is 15.4. The Morgan fingerprint density at radius 1 is 1.15 bits per heavy atom. The van der Waals surface area contributed by atoms with E-state index in [0.717, 1.165) is 25.5 Å². The number of halogens is 2. The second-order valence-electron chi connectivity index (χ2n) is 6.31. The number of benzene rings is 1. The summed E-state index contributed by atoms with van der Waals surface area (Å²) in [5.74, 6) is 0.227. The molecule has 1 aromatic carbocycles. The largest absolute Gasteiger partial charge is 0.314 e. The summed E-state index contributed by atoms with van der Waals surface area (Å²) < 4.78 is 26.8. The molecule has 0 spiro atoms. The van der Waals surface area contributed by atoms with Crippen LogP contribution in [-0.2, 0) is 6.42 Å². The zero-order valence-corrected chi connectivity index (χ0v) is 12.5. The van der Waals surface area contributed by atoms with Crippen molar-refractivity contribution in [3.8, 4) is 0 Å². The van der Waals surface area contributed by atoms with Crippen molar-refractivity contribution in [2.45, 2.75) is 52.0 Å². The van der Waals surface area contributed by atoms with Crippen LogP contribution in [0, 0.1) is 23.5 Å². The molecule has 1 fully saturated rings. The topological polar surface area (TPSA) is 12.0 Å². The van der Waals surface area contributed by atoms with Crippen molar-refractivity contribution in [3.05, 3.63) is 35.4 Å². The van der Waals surface area contributed by atoms with Gasteiger partial charge in [-0.2, -0.15) is 0 Å². The van der Waals surface area contributed by atoms with Crippen LogP contribution in [-0.4, -0.2) is 12.6 Å². The van der Waals surface area contributed by atoms with E-state index in [0.29, 0.717) is 23.4 Å². The molecule has 2 unspecified atom stereocenters. The summed E-state index contributed by atoms with van der Waals surface area (Å²) in [5.41, 5.74) is 0.660. The summed E-state index contributed by atoms with van der Waals surface area (Å²) in [5, 5.41) is 3.50. The first-order chi connectivity index (χ1) is 9.56. The average molecular weight is 281 g/mol. The van der Waals surface area contributed by atoms with Crippen LogP contribution in [0.25, 0.3) is 0 Å². The van der Waals surface area contributed by atoms with Gasteiger partial charge in [-0.25, -0.2) is 8.78 Å². The highest BCUT2D eigenvalue weighted by Gasteiger charge is 2.26. The lowest BCUT2D eigenvalue weighted by molar-refractivity contribution is 0.223. The van der Waals surface area contributed by atoms with E-state index in [1.165, 1.54) is 25.3 Å². The lowest BCUT2D eigenvalue weighted by Gasteiger charge is -2.32. The molecule has 112 valence electrons. The van der Waals surface area contributed by atoms with Crippen LogP contribution in [0.4, 0.5) is 8.78 Å². The highest BCUT2D eigenvalue weighted by Crippen LogP contribution is 2.32. The summed E-state index contributed by atoms with van der Waals surface area (Å²) in [4.78, 5) is 0. The number of nitrogens with one attached hydrogen (secondary N) is 1. The van der Waals surface area contributed by atoms with Gasteiger partial charge in [0.25, 0.3) is 0 Å². The molecule has 0 bridgehead atoms. The van der Waals surface area contributed by atoms with E-state index >= 15 is 0 Å². The molecule has 0 saturated heterocycles. The smallest absolute Gasteiger partial charge is 0.129 e. The van der Waals surface area contributed by atoms with Gasteiger partial charge in [-0.15, -0.1) is 0 Å². The van der Waals surface area contributed by atoms with Gasteiger partial charge >= 0.3 is 0 Å². The van der Waals surface area contributed by atoms with Crippen molar-refractivity contribution in [2.75, 3.05) is 6.54 Å². The van der Waals surface area contributed by atoms with E-state index in [-0.39, 0.29) is 0 Å². The lowest BCUT2D eigenvalue weighted by Crippen LogP contribution is -2.35. The molecule has 1 nitrogen and oxygen atoms in total. The molecule has 1 aliphatic rings. The fourth-order valence-corrected chi connectivity index (χ4v) is 3.18. The third-order valence-electron chi connectivity index (χ3n) is 4.35. The molecule has 1 aromatic rings. The molecule has 1 aliphatic carbocycles. The summed E-state index contributed by atoms with van der Waals surface area (Å²) in [6.45, 7) is 5.31. The Kier molecular flexibility index (Phi) is 5.53. The van der Waals surface area contributed by atoms with Crippen LogP contribution in [0.1, 0.15) is 45.1 Å². The van der Waals surface area contributed by atoms with E-state index in [2.05, 4.69) is 19.2 Å². The van der Waals surface area contributed by atoms with Crippen LogP contribution in [0.15, 0.2) is 18.2 Å². The van der Waals surface area contributed by atoms with Crippen molar-refractivity contribution in [1.82, 2.24) is 5.32 Å². The molecule has 0 aromatic heterocycles. The maximum Gasteiger partial charge on any atom is 0.129 e. The Morgan fingerprint density at radius 3 is 2.50 bits per heavy atom. The van der Waals surface area contributed by atoms with Gasteiger partial charge in [-0.05, 0) is 49.3 Å². The monoisotopic (exact) mass is 281 g/mol. The third kappa shape index (κ3) is 4.27. The zero-order chi connectivity index (χ0) is 14.5. The first-order valence-corrected chi connectivity index (χ1v) is 7.73. The predicted octanol–water partition coefficient (Wildman–Crippen LogP) is 4.31. The van der Waals surface area contributed by atoms with Crippen LogP contribution < -0.4 is 5.32 Å². The van der Waals surface area contributed by atoms with Crippen LogP contribution >= 0.6 is 0 Å². The third-order valence-corrected chi connectivity index (χ3v) is 4.35. The summed E-state index contributed by atoms with van der Waals surface area (Å²) in [7, 11) is 0. The van der Waals surface area contributed by atoms with E-state index in [1.807, 2.05) is 0 Å². The average Bonchev–Trinajstić information content (AvgIpc) is 2.41. The van der Waals surface area contributed by atoms with Crippen molar-refractivity contribution in [2.24, 2.45) is 11.8 Å². The van der Waals surface area contributed by atoms with Crippen molar-refractivity contribution in [3.63, 3.8) is 0 Å². The molecule has 0 amide bonds. The number of rotatable bonds is 5. The predicted molar refractivity (Wildman–Crippen MR) is 78.6 cm³/mol. The second-order valence-corrected chi connectivity index (χ2v) is 6.31. The molecule has 20 heavy (non-hydrogen) atoms.